The summed E-state index contributed by atoms with van der Waals surface area (Å²) in [5, 5.41) is 0. The van der Waals surface area contributed by atoms with Gasteiger partial charge in [0.2, 0.25) is 0 Å². The van der Waals surface area contributed by atoms with E-state index in [1.54, 1.807) is 6.92 Å². The van der Waals surface area contributed by atoms with Crippen molar-refractivity contribution >= 4 is 5.78 Å². The van der Waals surface area contributed by atoms with Crippen LogP contribution in [-0.2, 0) is 4.79 Å². The average Bonchev–Trinajstić information content (AvgIpc) is 2.50. The third-order valence-electron chi connectivity index (χ3n) is 3.96. The summed E-state index contributed by atoms with van der Waals surface area (Å²) in [4.78, 5) is 10.3. The molecule has 2 heteroatoms. The molecule has 0 radical (unpaired) electrons. The molecule has 0 spiro atoms. The molecule has 0 amide bonds. The second-order valence-corrected chi connectivity index (χ2v) is 5.77. The summed E-state index contributed by atoms with van der Waals surface area (Å²) in [5.74, 6) is 2.03. The number of nitrogens with two attached hydrogens (primary N) is 1. The normalized spacial score (nSPS) is 15.5. The lowest BCUT2D eigenvalue weighted by molar-refractivity contribution is -0.117. The third-order valence-corrected chi connectivity index (χ3v) is 3.96. The van der Waals surface area contributed by atoms with Gasteiger partial charge in [0.1, 0.15) is 5.78 Å². The van der Waals surface area contributed by atoms with Crippen molar-refractivity contribution in [2.75, 3.05) is 6.54 Å². The molecule has 0 aliphatic heterocycles. The Bertz CT molecular complexity index is 198. The number of Topliss-reactive ketones (excluding diaryl/α,β-unsaturated/α-hetero) is 1. The fourth-order valence-corrected chi connectivity index (χ4v) is 2.52. The maximum absolute atomic E-state index is 10.3. The highest BCUT2D eigenvalue weighted by molar-refractivity contribution is 5.75. The van der Waals surface area contributed by atoms with Crippen LogP contribution in [0.3, 0.4) is 0 Å². The highest BCUT2D eigenvalue weighted by Crippen LogP contribution is 2.28. The molecule has 0 aromatic heterocycles. The number of carbonyl (C=O) groups is 1. The fraction of sp³-hybridized carbons (Fsp3) is 0.947. The van der Waals surface area contributed by atoms with Crippen molar-refractivity contribution in [2.45, 2.75) is 99.8 Å². The molecule has 0 aromatic rings. The molecule has 0 heterocycles. The molecule has 2 nitrogen and oxygen atoms in total. The zero-order valence-corrected chi connectivity index (χ0v) is 14.7. The van der Waals surface area contributed by atoms with Crippen LogP contribution in [-0.4, -0.2) is 12.3 Å². The van der Waals surface area contributed by atoms with E-state index in [2.05, 4.69) is 13.8 Å². The molecule has 2 N–H and O–H groups in total. The van der Waals surface area contributed by atoms with Crippen molar-refractivity contribution in [3.63, 3.8) is 0 Å². The van der Waals surface area contributed by atoms with E-state index in [1.165, 1.54) is 44.9 Å². The summed E-state index contributed by atoms with van der Waals surface area (Å²) in [7, 11) is 0. The van der Waals surface area contributed by atoms with Gasteiger partial charge in [-0.2, -0.15) is 0 Å². The molecule has 0 saturated heterocycles. The van der Waals surface area contributed by atoms with E-state index in [0.717, 1.165) is 31.2 Å². The molecule has 1 saturated carbocycles. The van der Waals surface area contributed by atoms with Crippen LogP contribution < -0.4 is 5.73 Å². The minimum Gasteiger partial charge on any atom is -0.330 e. The van der Waals surface area contributed by atoms with E-state index in [9.17, 15) is 4.79 Å². The number of unbranched alkanes of at least 4 members (excludes halogenated alkanes) is 2. The summed E-state index contributed by atoms with van der Waals surface area (Å²) < 4.78 is 0. The van der Waals surface area contributed by atoms with E-state index in [4.69, 9.17) is 5.73 Å². The van der Waals surface area contributed by atoms with Crippen LogP contribution >= 0.6 is 0 Å². The maximum atomic E-state index is 10.3. The van der Waals surface area contributed by atoms with Gasteiger partial charge in [0.15, 0.2) is 0 Å². The van der Waals surface area contributed by atoms with Crippen LogP contribution in [0.15, 0.2) is 0 Å². The standard InChI is InChI=1S/C9H19N.C7H14O.C2H6.CH4/c1-8(7-10)9-5-3-2-4-6-9;1-3-4-5-6-7(2)8;1-2;/h8-9H,2-7,10H2,1H3;3-6H2,1-2H3;1-2H3;1H4. The molecule has 1 atom stereocenters. The predicted molar refractivity (Wildman–Crippen MR) is 97.7 cm³/mol. The first-order valence-corrected chi connectivity index (χ1v) is 8.81. The molecular weight excluding hydrogens is 258 g/mol. The van der Waals surface area contributed by atoms with Crippen LogP contribution in [0.5, 0.6) is 0 Å². The van der Waals surface area contributed by atoms with Gasteiger partial charge in [-0.15, -0.1) is 0 Å². The van der Waals surface area contributed by atoms with E-state index in [-0.39, 0.29) is 7.43 Å². The minimum absolute atomic E-state index is 0. The van der Waals surface area contributed by atoms with Gasteiger partial charge in [0, 0.05) is 6.42 Å². The highest BCUT2D eigenvalue weighted by atomic mass is 16.1. The average molecular weight is 302 g/mol. The number of hydrogen-bond donors (Lipinski definition) is 1. The maximum Gasteiger partial charge on any atom is 0.129 e. The topological polar surface area (TPSA) is 43.1 Å². The van der Waals surface area contributed by atoms with Gasteiger partial charge in [-0.3, -0.25) is 0 Å². The van der Waals surface area contributed by atoms with Gasteiger partial charge < -0.3 is 10.5 Å². The van der Waals surface area contributed by atoms with E-state index in [1.807, 2.05) is 13.8 Å². The Labute approximate surface area is 135 Å². The summed E-state index contributed by atoms with van der Waals surface area (Å²) in [6, 6.07) is 0. The Morgan fingerprint density at radius 1 is 1.14 bits per heavy atom. The quantitative estimate of drug-likeness (QED) is 0.613. The molecule has 0 aromatic carbocycles. The third kappa shape index (κ3) is 17.6. The number of carbonyl (C=O) groups excluding carboxylic acids is 1. The smallest absolute Gasteiger partial charge is 0.129 e. The molecule has 1 rings (SSSR count). The van der Waals surface area contributed by atoms with Crippen molar-refractivity contribution in [3.05, 3.63) is 0 Å². The Morgan fingerprint density at radius 3 is 2.05 bits per heavy atom. The number of hydrogen-bond acceptors (Lipinski definition) is 2. The number of ketones is 1. The van der Waals surface area contributed by atoms with E-state index < -0.39 is 0 Å². The molecule has 1 fully saturated rings. The Balaban J connectivity index is -0.000000270. The second-order valence-electron chi connectivity index (χ2n) is 5.77. The lowest BCUT2D eigenvalue weighted by Crippen LogP contribution is -2.22. The van der Waals surface area contributed by atoms with Crippen LogP contribution in [0.2, 0.25) is 0 Å². The van der Waals surface area contributed by atoms with Crippen molar-refractivity contribution < 1.29 is 4.79 Å². The van der Waals surface area contributed by atoms with E-state index >= 15 is 0 Å². The zero-order valence-electron chi connectivity index (χ0n) is 14.7. The molecule has 1 unspecified atom stereocenters. The van der Waals surface area contributed by atoms with Gasteiger partial charge >= 0.3 is 0 Å². The summed E-state index contributed by atoms with van der Waals surface area (Å²) in [5.41, 5.74) is 5.60. The highest BCUT2D eigenvalue weighted by Gasteiger charge is 2.18. The van der Waals surface area contributed by atoms with Crippen molar-refractivity contribution in [1.29, 1.82) is 0 Å². The fourth-order valence-electron chi connectivity index (χ4n) is 2.52. The lowest BCUT2D eigenvalue weighted by atomic mass is 9.81. The van der Waals surface area contributed by atoms with Crippen LogP contribution in [0.4, 0.5) is 0 Å². The minimum atomic E-state index is 0. The number of rotatable bonds is 6. The Morgan fingerprint density at radius 2 is 1.67 bits per heavy atom. The summed E-state index contributed by atoms with van der Waals surface area (Å²) in [6.45, 7) is 11.0. The monoisotopic (exact) mass is 301 g/mol. The molecule has 1 aliphatic carbocycles. The zero-order chi connectivity index (χ0) is 15.8. The predicted octanol–water partition coefficient (Wildman–Crippen LogP) is 5.98. The van der Waals surface area contributed by atoms with Crippen molar-refractivity contribution in [3.8, 4) is 0 Å². The van der Waals surface area contributed by atoms with E-state index in [0.29, 0.717) is 5.78 Å². The first kappa shape index (κ1) is 25.6. The van der Waals surface area contributed by atoms with Gasteiger partial charge in [0.25, 0.3) is 0 Å². The first-order valence-electron chi connectivity index (χ1n) is 8.81. The SMILES string of the molecule is C.CC.CC(CN)C1CCCCC1.CCCCCC(C)=O. The van der Waals surface area contributed by atoms with Gasteiger partial charge in [-0.05, 0) is 31.7 Å². The summed E-state index contributed by atoms with van der Waals surface area (Å²) in [6.07, 6.45) is 11.4. The van der Waals surface area contributed by atoms with Gasteiger partial charge in [-0.1, -0.05) is 80.1 Å². The Hall–Kier alpha value is -0.370. The summed E-state index contributed by atoms with van der Waals surface area (Å²) >= 11 is 0. The first-order chi connectivity index (χ1) is 9.61. The molecular formula is C19H43NO. The second kappa shape index (κ2) is 19.6. The lowest BCUT2D eigenvalue weighted by Gasteiger charge is -2.26. The van der Waals surface area contributed by atoms with Crippen LogP contribution in [0.1, 0.15) is 99.8 Å². The van der Waals surface area contributed by atoms with Gasteiger partial charge in [-0.25, -0.2) is 0 Å². The molecule has 130 valence electrons. The van der Waals surface area contributed by atoms with Crippen molar-refractivity contribution in [2.24, 2.45) is 17.6 Å². The van der Waals surface area contributed by atoms with Crippen LogP contribution in [0, 0.1) is 11.8 Å². The molecule has 1 aliphatic rings. The van der Waals surface area contributed by atoms with Crippen molar-refractivity contribution in [1.82, 2.24) is 0 Å². The largest absolute Gasteiger partial charge is 0.330 e. The molecule has 0 bridgehead atoms. The molecule has 21 heavy (non-hydrogen) atoms. The van der Waals surface area contributed by atoms with Crippen LogP contribution in [0.25, 0.3) is 0 Å². The Kier molecular flexibility index (Phi) is 23.9. The van der Waals surface area contributed by atoms with Gasteiger partial charge in [0.05, 0.1) is 0 Å².